The molecule has 4 rings (SSSR count). The maximum absolute atomic E-state index is 13.4. The Morgan fingerprint density at radius 1 is 1.03 bits per heavy atom. The van der Waals surface area contributed by atoms with Crippen molar-refractivity contribution in [3.05, 3.63) is 89.6 Å². The topological polar surface area (TPSA) is 91.4 Å². The fraction of sp³-hybridized carbons (Fsp3) is 0.241. The summed E-state index contributed by atoms with van der Waals surface area (Å²) in [5, 5.41) is 14.1. The van der Waals surface area contributed by atoms with Crippen LogP contribution in [-0.4, -0.2) is 41.0 Å². The number of carbonyl (C=O) groups excluding carboxylic acids is 2. The maximum atomic E-state index is 13.4. The molecule has 0 aliphatic rings. The van der Waals surface area contributed by atoms with Crippen LogP contribution < -0.4 is 10.1 Å². The van der Waals surface area contributed by atoms with E-state index < -0.39 is 6.04 Å². The van der Waals surface area contributed by atoms with Gasteiger partial charge in [-0.2, -0.15) is 0 Å². The Labute approximate surface area is 205 Å². The van der Waals surface area contributed by atoms with E-state index in [0.717, 1.165) is 34.0 Å². The first-order valence-electron chi connectivity index (χ1n) is 11.8. The van der Waals surface area contributed by atoms with Gasteiger partial charge in [0.2, 0.25) is 0 Å². The van der Waals surface area contributed by atoms with Crippen LogP contribution in [0.3, 0.4) is 0 Å². The van der Waals surface area contributed by atoms with Crippen LogP contribution in [0.1, 0.15) is 46.5 Å². The molecule has 35 heavy (non-hydrogen) atoms. The summed E-state index contributed by atoms with van der Waals surface area (Å²) >= 11 is 0. The number of aromatic nitrogens is 1. The van der Waals surface area contributed by atoms with Crippen molar-refractivity contribution < 1.29 is 19.4 Å². The lowest BCUT2D eigenvalue weighted by Gasteiger charge is -2.18. The van der Waals surface area contributed by atoms with Gasteiger partial charge in [-0.15, -0.1) is 0 Å². The predicted octanol–water partition coefficient (Wildman–Crippen LogP) is 5.16. The number of hydrogen-bond donors (Lipinski definition) is 3. The van der Waals surface area contributed by atoms with Crippen molar-refractivity contribution in [3.63, 3.8) is 0 Å². The molecule has 0 saturated heterocycles. The van der Waals surface area contributed by atoms with Gasteiger partial charge in [-0.25, -0.2) is 0 Å². The third kappa shape index (κ3) is 5.61. The van der Waals surface area contributed by atoms with Crippen LogP contribution in [0.5, 0.6) is 5.75 Å². The highest BCUT2D eigenvalue weighted by atomic mass is 16.5. The molecule has 0 fully saturated rings. The number of aliphatic hydroxyl groups is 1. The maximum Gasteiger partial charge on any atom is 0.255 e. The molecule has 0 spiro atoms. The number of aliphatic hydroxyl groups excluding tert-OH is 1. The normalized spacial score (nSPS) is 11.9. The Morgan fingerprint density at radius 3 is 2.49 bits per heavy atom. The highest BCUT2D eigenvalue weighted by Gasteiger charge is 2.19. The van der Waals surface area contributed by atoms with Gasteiger partial charge in [-0.05, 0) is 54.7 Å². The van der Waals surface area contributed by atoms with Crippen LogP contribution >= 0.6 is 0 Å². The fourth-order valence-electron chi connectivity index (χ4n) is 4.11. The summed E-state index contributed by atoms with van der Waals surface area (Å²) in [7, 11) is 0. The van der Waals surface area contributed by atoms with Crippen LogP contribution in [0.25, 0.3) is 22.0 Å². The molecule has 180 valence electrons. The standard InChI is InChI=1S/C29H30N2O4/c1-3-14-35-28-13-12-22(21-10-8-20(9-11-21)19(2)33)16-26(28)29(34)31-24(18-32)15-23-17-30-27-7-5-4-6-25(23)27/h4-13,16-17,24,30,32H,3,14-15,18H2,1-2H3,(H,31,34)/t24-/m0/s1. The van der Waals surface area contributed by atoms with Crippen molar-refractivity contribution in [1.29, 1.82) is 0 Å². The molecule has 3 aromatic carbocycles. The SMILES string of the molecule is CCCOc1ccc(-c2ccc(C(C)=O)cc2)cc1C(=O)N[C@H](CO)Cc1c[nH]c2ccccc12. The lowest BCUT2D eigenvalue weighted by atomic mass is 9.99. The summed E-state index contributed by atoms with van der Waals surface area (Å²) in [5.41, 5.74) is 4.82. The van der Waals surface area contributed by atoms with Crippen LogP contribution in [0.2, 0.25) is 0 Å². The minimum absolute atomic E-state index is 0.00479. The van der Waals surface area contributed by atoms with Crippen LogP contribution in [0, 0.1) is 0 Å². The number of fused-ring (bicyclic) bond motifs is 1. The third-order valence-electron chi connectivity index (χ3n) is 6.01. The first kappa shape index (κ1) is 24.2. The van der Waals surface area contributed by atoms with Gasteiger partial charge in [0.05, 0.1) is 24.8 Å². The fourth-order valence-corrected chi connectivity index (χ4v) is 4.11. The number of Topliss-reactive ketones (excluding diaryl/α,β-unsaturated/α-hetero) is 1. The monoisotopic (exact) mass is 470 g/mol. The Hall–Kier alpha value is -3.90. The van der Waals surface area contributed by atoms with E-state index in [-0.39, 0.29) is 18.3 Å². The summed E-state index contributed by atoms with van der Waals surface area (Å²) in [5.74, 6) is 0.194. The molecule has 1 atom stereocenters. The Kier molecular flexibility index (Phi) is 7.63. The number of ketones is 1. The number of rotatable bonds is 10. The van der Waals surface area contributed by atoms with Gasteiger partial charge in [-0.1, -0.05) is 55.5 Å². The van der Waals surface area contributed by atoms with Crippen LogP contribution in [-0.2, 0) is 6.42 Å². The number of carbonyl (C=O) groups is 2. The van der Waals surface area contributed by atoms with E-state index in [2.05, 4.69) is 10.3 Å². The van der Waals surface area contributed by atoms with Crippen molar-refractivity contribution in [2.75, 3.05) is 13.2 Å². The third-order valence-corrected chi connectivity index (χ3v) is 6.01. The highest BCUT2D eigenvalue weighted by Crippen LogP contribution is 2.28. The second-order valence-electron chi connectivity index (χ2n) is 8.61. The number of nitrogens with one attached hydrogen (secondary N) is 2. The van der Waals surface area contributed by atoms with Gasteiger partial charge < -0.3 is 20.1 Å². The number of aromatic amines is 1. The molecule has 6 nitrogen and oxygen atoms in total. The zero-order valence-electron chi connectivity index (χ0n) is 20.0. The molecule has 3 N–H and O–H groups in total. The number of ether oxygens (including phenoxy) is 1. The van der Waals surface area contributed by atoms with Crippen molar-refractivity contribution in [3.8, 4) is 16.9 Å². The van der Waals surface area contributed by atoms with Crippen molar-refractivity contribution in [1.82, 2.24) is 10.3 Å². The molecule has 0 bridgehead atoms. The highest BCUT2D eigenvalue weighted by molar-refractivity contribution is 5.99. The molecule has 0 radical (unpaired) electrons. The van der Waals surface area contributed by atoms with Crippen LogP contribution in [0.15, 0.2) is 72.9 Å². The number of H-pyrrole nitrogens is 1. The van der Waals surface area contributed by atoms with Gasteiger partial charge in [0.25, 0.3) is 5.91 Å². The summed E-state index contributed by atoms with van der Waals surface area (Å²) in [6.45, 7) is 3.84. The van der Waals surface area contributed by atoms with E-state index >= 15 is 0 Å². The lowest BCUT2D eigenvalue weighted by molar-refractivity contribution is 0.0912. The molecular weight excluding hydrogens is 440 g/mol. The minimum Gasteiger partial charge on any atom is -0.493 e. The van der Waals surface area contributed by atoms with Gasteiger partial charge in [0, 0.05) is 22.7 Å². The predicted molar refractivity (Wildman–Crippen MR) is 138 cm³/mol. The van der Waals surface area contributed by atoms with Crippen molar-refractivity contribution in [2.24, 2.45) is 0 Å². The molecule has 1 heterocycles. The Bertz CT molecular complexity index is 1320. The number of benzene rings is 3. The van der Waals surface area contributed by atoms with E-state index in [1.165, 1.54) is 6.92 Å². The van der Waals surface area contributed by atoms with Gasteiger partial charge >= 0.3 is 0 Å². The molecule has 4 aromatic rings. The Balaban J connectivity index is 1.59. The lowest BCUT2D eigenvalue weighted by Crippen LogP contribution is -2.39. The molecule has 0 aliphatic heterocycles. The van der Waals surface area contributed by atoms with Crippen LogP contribution in [0.4, 0.5) is 0 Å². The number of amides is 1. The Morgan fingerprint density at radius 2 is 1.77 bits per heavy atom. The first-order valence-corrected chi connectivity index (χ1v) is 11.8. The van der Waals surface area contributed by atoms with Gasteiger partial charge in [0.1, 0.15) is 5.75 Å². The smallest absolute Gasteiger partial charge is 0.255 e. The zero-order valence-corrected chi connectivity index (χ0v) is 20.0. The van der Waals surface area contributed by atoms with E-state index in [0.29, 0.717) is 29.9 Å². The second kappa shape index (κ2) is 11.0. The summed E-state index contributed by atoms with van der Waals surface area (Å²) in [4.78, 5) is 28.2. The summed E-state index contributed by atoms with van der Waals surface area (Å²) in [6, 6.07) is 20.3. The molecular formula is C29H30N2O4. The van der Waals surface area contributed by atoms with E-state index in [1.807, 2.05) is 55.6 Å². The minimum atomic E-state index is -0.459. The van der Waals surface area contributed by atoms with Gasteiger partial charge in [-0.3, -0.25) is 9.59 Å². The number of para-hydroxylation sites is 1. The van der Waals surface area contributed by atoms with Gasteiger partial charge in [0.15, 0.2) is 5.78 Å². The first-order chi connectivity index (χ1) is 17.0. The molecule has 0 aliphatic carbocycles. The average molecular weight is 471 g/mol. The summed E-state index contributed by atoms with van der Waals surface area (Å²) in [6.07, 6.45) is 3.22. The quantitative estimate of drug-likeness (QED) is 0.279. The van der Waals surface area contributed by atoms with E-state index in [1.54, 1.807) is 24.3 Å². The average Bonchev–Trinajstić information content (AvgIpc) is 3.29. The van der Waals surface area contributed by atoms with E-state index in [9.17, 15) is 14.7 Å². The molecule has 6 heteroatoms. The van der Waals surface area contributed by atoms with Crippen molar-refractivity contribution in [2.45, 2.75) is 32.7 Å². The molecule has 0 unspecified atom stereocenters. The number of hydrogen-bond acceptors (Lipinski definition) is 4. The van der Waals surface area contributed by atoms with E-state index in [4.69, 9.17) is 4.74 Å². The molecule has 0 saturated carbocycles. The molecule has 1 aromatic heterocycles. The van der Waals surface area contributed by atoms with Crippen molar-refractivity contribution >= 4 is 22.6 Å². The second-order valence-corrected chi connectivity index (χ2v) is 8.61. The summed E-state index contributed by atoms with van der Waals surface area (Å²) < 4.78 is 5.85. The molecule has 1 amide bonds. The zero-order chi connectivity index (χ0) is 24.8. The largest absolute Gasteiger partial charge is 0.493 e.